The molecule has 0 bridgehead atoms. The molecule has 3 rings (SSSR count). The Kier molecular flexibility index (Phi) is 9.82. The topological polar surface area (TPSA) is 71.0 Å². The highest BCUT2D eigenvalue weighted by molar-refractivity contribution is 5.79. The minimum atomic E-state index is -4.47. The first-order chi connectivity index (χ1) is 17.0. The van der Waals surface area contributed by atoms with Crippen molar-refractivity contribution in [3.05, 3.63) is 35.4 Å². The second kappa shape index (κ2) is 12.2. The summed E-state index contributed by atoms with van der Waals surface area (Å²) in [6.45, 7) is 8.06. The van der Waals surface area contributed by atoms with Crippen LogP contribution in [0.2, 0.25) is 0 Å². The fraction of sp³-hybridized carbons (Fsp3) is 0.741. The number of alkyl halides is 3. The van der Waals surface area contributed by atoms with Gasteiger partial charge in [-0.2, -0.15) is 13.2 Å². The van der Waals surface area contributed by atoms with Gasteiger partial charge in [0.15, 0.2) is 0 Å². The minimum Gasteiger partial charge on any atom is -0.385 e. The molecule has 0 aliphatic carbocycles. The van der Waals surface area contributed by atoms with E-state index < -0.39 is 17.3 Å². The van der Waals surface area contributed by atoms with Crippen molar-refractivity contribution in [2.24, 2.45) is 11.8 Å². The van der Waals surface area contributed by atoms with Crippen molar-refractivity contribution in [2.45, 2.75) is 82.8 Å². The van der Waals surface area contributed by atoms with Crippen molar-refractivity contribution in [1.82, 2.24) is 10.2 Å². The van der Waals surface area contributed by atoms with Gasteiger partial charge in [0.05, 0.1) is 23.9 Å². The highest BCUT2D eigenvalue weighted by Crippen LogP contribution is 2.37. The first kappa shape index (κ1) is 28.9. The average molecular weight is 515 g/mol. The zero-order valence-electron chi connectivity index (χ0n) is 21.8. The van der Waals surface area contributed by atoms with E-state index in [2.05, 4.69) is 12.2 Å². The number of benzene rings is 1. The lowest BCUT2D eigenvalue weighted by atomic mass is 9.82. The number of likely N-dealkylation sites (tertiary alicyclic amines) is 1. The molecule has 4 unspecified atom stereocenters. The summed E-state index contributed by atoms with van der Waals surface area (Å²) < 4.78 is 50.6. The molecule has 2 aliphatic rings. The standard InChI is InChI=1S/C27H41F3N2O4/c1-5-21(31-23-9-14-36-17-24(23)35-4)16-22(18(2)3)25(33)32-12-10-26(34,11-13-32)19-7-6-8-20(15-19)27(28,29)30/h6-8,15,18,21-24,31,34H,5,9-14,16-17H2,1-4H3. The Labute approximate surface area is 212 Å². The average Bonchev–Trinajstić information content (AvgIpc) is 2.86. The number of nitrogens with one attached hydrogen (secondary N) is 1. The number of carbonyl (C=O) groups is 1. The Morgan fingerprint density at radius 2 is 2.00 bits per heavy atom. The van der Waals surface area contributed by atoms with Crippen LogP contribution in [-0.2, 0) is 26.0 Å². The van der Waals surface area contributed by atoms with Crippen LogP contribution in [0, 0.1) is 11.8 Å². The molecule has 2 fully saturated rings. The third kappa shape index (κ3) is 7.00. The Hall–Kier alpha value is -1.68. The zero-order valence-corrected chi connectivity index (χ0v) is 21.8. The second-order valence-electron chi connectivity index (χ2n) is 10.5. The van der Waals surface area contributed by atoms with E-state index in [0.29, 0.717) is 32.7 Å². The van der Waals surface area contributed by atoms with E-state index >= 15 is 0 Å². The van der Waals surface area contributed by atoms with Crippen molar-refractivity contribution >= 4 is 5.91 Å². The van der Waals surface area contributed by atoms with Crippen molar-refractivity contribution in [1.29, 1.82) is 0 Å². The number of amides is 1. The first-order valence-corrected chi connectivity index (χ1v) is 13.0. The van der Waals surface area contributed by atoms with Crippen molar-refractivity contribution in [3.8, 4) is 0 Å². The van der Waals surface area contributed by atoms with E-state index in [1.54, 1.807) is 12.0 Å². The molecule has 2 saturated heterocycles. The smallest absolute Gasteiger partial charge is 0.385 e. The summed E-state index contributed by atoms with van der Waals surface area (Å²) in [4.78, 5) is 15.3. The maximum absolute atomic E-state index is 13.6. The number of piperidine rings is 1. The van der Waals surface area contributed by atoms with Gasteiger partial charge < -0.3 is 24.8 Å². The van der Waals surface area contributed by atoms with Gasteiger partial charge in [-0.05, 0) is 55.7 Å². The molecule has 2 heterocycles. The number of ether oxygens (including phenoxy) is 2. The van der Waals surface area contributed by atoms with Gasteiger partial charge in [-0.25, -0.2) is 0 Å². The molecule has 36 heavy (non-hydrogen) atoms. The summed E-state index contributed by atoms with van der Waals surface area (Å²) in [6.07, 6.45) is -1.65. The third-order valence-electron chi connectivity index (χ3n) is 7.84. The lowest BCUT2D eigenvalue weighted by Crippen LogP contribution is -2.52. The number of carbonyl (C=O) groups excluding carboxylic acids is 1. The highest BCUT2D eigenvalue weighted by atomic mass is 19.4. The lowest BCUT2D eigenvalue weighted by molar-refractivity contribution is -0.142. The zero-order chi connectivity index (χ0) is 26.5. The molecule has 0 radical (unpaired) electrons. The van der Waals surface area contributed by atoms with Gasteiger partial charge in [0.1, 0.15) is 0 Å². The van der Waals surface area contributed by atoms with Crippen LogP contribution in [0.25, 0.3) is 0 Å². The van der Waals surface area contributed by atoms with E-state index in [9.17, 15) is 23.1 Å². The van der Waals surface area contributed by atoms with Crippen molar-refractivity contribution in [2.75, 3.05) is 33.4 Å². The number of aliphatic hydroxyl groups is 1. The van der Waals surface area contributed by atoms with E-state index in [-0.39, 0.29) is 54.3 Å². The number of hydrogen-bond donors (Lipinski definition) is 2. The molecule has 0 spiro atoms. The Morgan fingerprint density at radius 1 is 1.31 bits per heavy atom. The Balaban J connectivity index is 1.64. The minimum absolute atomic E-state index is 0.0170. The Morgan fingerprint density at radius 3 is 2.58 bits per heavy atom. The van der Waals surface area contributed by atoms with E-state index in [1.807, 2.05) is 13.8 Å². The SMILES string of the molecule is CCC(CC(C(=O)N1CCC(O)(c2cccc(C(F)(F)F)c2)CC1)C(C)C)NC1CCOCC1OC. The van der Waals surface area contributed by atoms with Crippen LogP contribution >= 0.6 is 0 Å². The third-order valence-corrected chi connectivity index (χ3v) is 7.84. The van der Waals surface area contributed by atoms with Crippen LogP contribution in [0.3, 0.4) is 0 Å². The molecule has 204 valence electrons. The Bertz CT molecular complexity index is 856. The number of hydrogen-bond acceptors (Lipinski definition) is 5. The van der Waals surface area contributed by atoms with Gasteiger partial charge in [-0.1, -0.05) is 32.9 Å². The van der Waals surface area contributed by atoms with Crippen LogP contribution in [-0.4, -0.2) is 67.5 Å². The predicted octanol–water partition coefficient (Wildman–Crippen LogP) is 4.35. The van der Waals surface area contributed by atoms with E-state index in [1.165, 1.54) is 12.1 Å². The van der Waals surface area contributed by atoms with Crippen LogP contribution in [0.15, 0.2) is 24.3 Å². The van der Waals surface area contributed by atoms with Gasteiger partial charge in [0, 0.05) is 44.8 Å². The molecule has 0 saturated carbocycles. The second-order valence-corrected chi connectivity index (χ2v) is 10.5. The molecule has 1 amide bonds. The number of nitrogens with zero attached hydrogens (tertiary/aromatic N) is 1. The van der Waals surface area contributed by atoms with Gasteiger partial charge >= 0.3 is 6.18 Å². The molecule has 9 heteroatoms. The molecule has 1 aromatic rings. The molecule has 2 aliphatic heterocycles. The number of rotatable bonds is 9. The molecular formula is C27H41F3N2O4. The number of methoxy groups -OCH3 is 1. The van der Waals surface area contributed by atoms with Crippen molar-refractivity contribution in [3.63, 3.8) is 0 Å². The maximum Gasteiger partial charge on any atom is 0.416 e. The first-order valence-electron chi connectivity index (χ1n) is 13.0. The molecule has 4 atom stereocenters. The summed E-state index contributed by atoms with van der Waals surface area (Å²) in [5.74, 6) is -0.0137. The molecule has 2 N–H and O–H groups in total. The predicted molar refractivity (Wildman–Crippen MR) is 131 cm³/mol. The quantitative estimate of drug-likeness (QED) is 0.513. The van der Waals surface area contributed by atoms with E-state index in [0.717, 1.165) is 25.0 Å². The monoisotopic (exact) mass is 514 g/mol. The van der Waals surface area contributed by atoms with Gasteiger partial charge in [0.25, 0.3) is 0 Å². The summed E-state index contributed by atoms with van der Waals surface area (Å²) >= 11 is 0. The van der Waals surface area contributed by atoms with E-state index in [4.69, 9.17) is 9.47 Å². The van der Waals surface area contributed by atoms with Gasteiger partial charge in [-0.3, -0.25) is 4.79 Å². The molecule has 1 aromatic carbocycles. The molecule has 0 aromatic heterocycles. The normalized spacial score (nSPS) is 24.5. The molecule has 6 nitrogen and oxygen atoms in total. The highest BCUT2D eigenvalue weighted by Gasteiger charge is 2.40. The molecular weight excluding hydrogens is 473 g/mol. The largest absolute Gasteiger partial charge is 0.416 e. The van der Waals surface area contributed by atoms with Gasteiger partial charge in [-0.15, -0.1) is 0 Å². The summed E-state index contributed by atoms with van der Waals surface area (Å²) in [5.41, 5.74) is -1.90. The summed E-state index contributed by atoms with van der Waals surface area (Å²) in [5, 5.41) is 14.9. The fourth-order valence-corrected chi connectivity index (χ4v) is 5.36. The van der Waals surface area contributed by atoms with Crippen LogP contribution in [0.1, 0.15) is 64.0 Å². The van der Waals surface area contributed by atoms with Crippen LogP contribution in [0.4, 0.5) is 13.2 Å². The van der Waals surface area contributed by atoms with Gasteiger partial charge in [0.2, 0.25) is 5.91 Å². The van der Waals surface area contributed by atoms with Crippen molar-refractivity contribution < 1.29 is 32.5 Å². The van der Waals surface area contributed by atoms with Crippen LogP contribution in [0.5, 0.6) is 0 Å². The summed E-state index contributed by atoms with van der Waals surface area (Å²) in [7, 11) is 1.69. The maximum atomic E-state index is 13.6. The van der Waals surface area contributed by atoms with Crippen LogP contribution < -0.4 is 5.32 Å². The number of halogens is 3. The summed E-state index contributed by atoms with van der Waals surface area (Å²) in [6, 6.07) is 5.21. The lowest BCUT2D eigenvalue weighted by Gasteiger charge is -2.41. The fourth-order valence-electron chi connectivity index (χ4n) is 5.36.